The fourth-order valence-corrected chi connectivity index (χ4v) is 9.33. The van der Waals surface area contributed by atoms with Gasteiger partial charge in [-0.15, -0.1) is 0 Å². The molecule has 0 N–H and O–H groups in total. The fraction of sp³-hybridized carbons (Fsp3) is 0.0645. The van der Waals surface area contributed by atoms with Crippen LogP contribution in [0.5, 0.6) is 11.5 Å². The fourth-order valence-electron chi connectivity index (χ4n) is 9.33. The normalized spacial score (nSPS) is 10.8. The van der Waals surface area contributed by atoms with Gasteiger partial charge in [0.15, 0.2) is 0 Å². The standard InChI is InChI=1S/C22H21BO3.2C20H13N2O/c24-23(25)26-18-10-17-22(19-11-4-1-5-12-19,20-13-6-2-7-14-20)21-15-8-3-9-16-21;2*21-14-19-15-8-2-4-10-17(15)20(18-11-5-3-9-16(18)19)23-22-12-6-1-7-13-22/h1-9,11-16H,10,17-18H2;2*1-13H/q-2;2*+1. The summed E-state index contributed by atoms with van der Waals surface area (Å²) in [5, 5.41) is 47.9. The van der Waals surface area contributed by atoms with Crippen molar-refractivity contribution in [1.29, 1.82) is 10.5 Å². The molecule has 9 aromatic carbocycles. The Morgan fingerprint density at radius 2 is 0.667 bits per heavy atom. The summed E-state index contributed by atoms with van der Waals surface area (Å²) in [4.78, 5) is 12.2. The minimum absolute atomic E-state index is 0.159. The molecule has 2 heterocycles. The van der Waals surface area contributed by atoms with Gasteiger partial charge < -0.3 is 14.7 Å². The van der Waals surface area contributed by atoms with Gasteiger partial charge >= 0.3 is 0 Å². The van der Waals surface area contributed by atoms with Gasteiger partial charge in [-0.3, -0.25) is 0 Å². The van der Waals surface area contributed by atoms with Crippen molar-refractivity contribution in [2.45, 2.75) is 18.3 Å². The van der Waals surface area contributed by atoms with E-state index in [1.807, 2.05) is 213 Å². The van der Waals surface area contributed by atoms with E-state index in [1.54, 1.807) is 9.46 Å². The first kappa shape index (κ1) is 47.9. The molecule has 0 atom stereocenters. The number of fused-ring (bicyclic) bond motifs is 4. The summed E-state index contributed by atoms with van der Waals surface area (Å²) in [5.41, 5.74) is 4.53. The lowest BCUT2D eigenvalue weighted by Gasteiger charge is -2.37. The van der Waals surface area contributed by atoms with Crippen molar-refractivity contribution in [2.24, 2.45) is 0 Å². The van der Waals surface area contributed by atoms with Crippen molar-refractivity contribution in [2.75, 3.05) is 6.61 Å². The summed E-state index contributed by atoms with van der Waals surface area (Å²) in [5.74, 6) is 1.51. The van der Waals surface area contributed by atoms with E-state index in [0.717, 1.165) is 61.0 Å². The number of pyridine rings is 2. The molecule has 0 fully saturated rings. The van der Waals surface area contributed by atoms with Crippen LogP contribution in [0.15, 0.2) is 249 Å². The van der Waals surface area contributed by atoms with Gasteiger partial charge in [0, 0.05) is 88.8 Å². The maximum Gasteiger partial charge on any atom is 0.223 e. The van der Waals surface area contributed by atoms with Gasteiger partial charge in [-0.05, 0) is 29.5 Å². The zero-order valence-corrected chi connectivity index (χ0v) is 39.2. The molecule has 72 heavy (non-hydrogen) atoms. The third-order valence-corrected chi connectivity index (χ3v) is 12.5. The number of aromatic nitrogens is 2. The van der Waals surface area contributed by atoms with E-state index in [4.69, 9.17) is 14.3 Å². The lowest BCUT2D eigenvalue weighted by Crippen LogP contribution is -2.48. The molecule has 10 heteroatoms. The van der Waals surface area contributed by atoms with Crippen molar-refractivity contribution >= 4 is 50.4 Å². The average Bonchev–Trinajstić information content (AvgIpc) is 3.45. The van der Waals surface area contributed by atoms with E-state index in [1.165, 1.54) is 16.7 Å². The van der Waals surface area contributed by atoms with E-state index in [-0.39, 0.29) is 12.0 Å². The largest absolute Gasteiger partial charge is 0.871 e. The molecule has 0 saturated heterocycles. The SMILES string of the molecule is N#Cc1c2ccccc2c(O[n+]2ccccc2)c2ccccc12.N#Cc1c2ccccc2c(O[n+]2ccccc2)c2ccccc12.[O-]B([O-])OCCCC(c1ccccc1)(c1ccccc1)c1ccccc1. The number of nitrogens with zero attached hydrogens (tertiary/aromatic N) is 4. The maximum absolute atomic E-state index is 10.7. The Morgan fingerprint density at radius 1 is 0.389 bits per heavy atom. The highest BCUT2D eigenvalue weighted by Gasteiger charge is 2.35. The first-order chi connectivity index (χ1) is 35.5. The van der Waals surface area contributed by atoms with Gasteiger partial charge in [0.05, 0.1) is 18.4 Å². The van der Waals surface area contributed by atoms with Crippen LogP contribution < -0.4 is 29.2 Å². The summed E-state index contributed by atoms with van der Waals surface area (Å²) < 4.78 is 8.07. The average molecular weight is 939 g/mol. The topological polar surface area (TPSA) is 129 Å². The summed E-state index contributed by atoms with van der Waals surface area (Å²) >= 11 is 0. The quantitative estimate of drug-likeness (QED) is 0.0392. The van der Waals surface area contributed by atoms with Crippen molar-refractivity contribution in [1.82, 2.24) is 0 Å². The van der Waals surface area contributed by atoms with Gasteiger partial charge in [-0.2, -0.15) is 10.5 Å². The number of benzene rings is 9. The maximum atomic E-state index is 10.7. The highest BCUT2D eigenvalue weighted by atomic mass is 16.7. The molecule has 11 aromatic rings. The molecule has 0 saturated carbocycles. The van der Waals surface area contributed by atoms with Gasteiger partial charge in [0.25, 0.3) is 0 Å². The second-order valence-electron chi connectivity index (χ2n) is 16.7. The summed E-state index contributed by atoms with van der Waals surface area (Å²) in [6.07, 6.45) is 8.74. The molecule has 11 rings (SSSR count). The van der Waals surface area contributed by atoms with E-state index < -0.39 is 7.32 Å². The van der Waals surface area contributed by atoms with Crippen molar-refractivity contribution < 1.29 is 33.8 Å². The third-order valence-electron chi connectivity index (χ3n) is 12.5. The van der Waals surface area contributed by atoms with Crippen LogP contribution in [-0.4, -0.2) is 13.9 Å². The number of hydrogen-bond acceptors (Lipinski definition) is 7. The van der Waals surface area contributed by atoms with E-state index in [0.29, 0.717) is 17.5 Å². The van der Waals surface area contributed by atoms with E-state index in [9.17, 15) is 20.6 Å². The van der Waals surface area contributed by atoms with Crippen LogP contribution in [-0.2, 0) is 10.1 Å². The van der Waals surface area contributed by atoms with E-state index in [2.05, 4.69) is 48.5 Å². The zero-order valence-electron chi connectivity index (χ0n) is 39.2. The Balaban J connectivity index is 0.000000134. The molecule has 348 valence electrons. The smallest absolute Gasteiger partial charge is 0.223 e. The van der Waals surface area contributed by atoms with Crippen LogP contribution >= 0.6 is 0 Å². The first-order valence-electron chi connectivity index (χ1n) is 23.6. The van der Waals surface area contributed by atoms with Crippen LogP contribution in [0.1, 0.15) is 40.7 Å². The van der Waals surface area contributed by atoms with Crippen molar-refractivity contribution in [3.8, 4) is 23.6 Å². The van der Waals surface area contributed by atoms with Gasteiger partial charge in [0.1, 0.15) is 12.1 Å². The third kappa shape index (κ3) is 10.4. The molecule has 9 nitrogen and oxygen atoms in total. The number of rotatable bonds is 12. The lowest BCUT2D eigenvalue weighted by atomic mass is 9.67. The minimum Gasteiger partial charge on any atom is -0.871 e. The van der Waals surface area contributed by atoms with Gasteiger partial charge in [0.2, 0.25) is 36.3 Å². The summed E-state index contributed by atoms with van der Waals surface area (Å²) in [6.45, 7) is 0.159. The molecule has 0 aliphatic heterocycles. The van der Waals surface area contributed by atoms with Crippen LogP contribution in [0.3, 0.4) is 0 Å². The Labute approximate surface area is 418 Å². The molecule has 0 spiro atoms. The predicted octanol–water partition coefficient (Wildman–Crippen LogP) is 10.5. The molecule has 0 radical (unpaired) electrons. The van der Waals surface area contributed by atoms with Crippen LogP contribution in [0.25, 0.3) is 43.1 Å². The van der Waals surface area contributed by atoms with Crippen LogP contribution in [0.2, 0.25) is 0 Å². The second-order valence-corrected chi connectivity index (χ2v) is 16.7. The Kier molecular flexibility index (Phi) is 15.3. The minimum atomic E-state index is -2.23. The Hall–Kier alpha value is -9.16. The zero-order chi connectivity index (χ0) is 49.5. The summed E-state index contributed by atoms with van der Waals surface area (Å²) in [6, 6.07) is 78.6. The molecular formula is C62H47BN4O5. The molecule has 2 aromatic heterocycles. The number of nitriles is 2. The summed E-state index contributed by atoms with van der Waals surface area (Å²) in [7, 11) is -2.23. The second kappa shape index (κ2) is 23.0. The van der Waals surface area contributed by atoms with Crippen molar-refractivity contribution in [3.63, 3.8) is 0 Å². The van der Waals surface area contributed by atoms with Crippen molar-refractivity contribution in [3.05, 3.63) is 277 Å². The molecular weight excluding hydrogens is 892 g/mol. The Bertz CT molecular complexity index is 3260. The first-order valence-corrected chi connectivity index (χ1v) is 23.6. The molecule has 0 amide bonds. The Morgan fingerprint density at radius 3 is 0.958 bits per heavy atom. The van der Waals surface area contributed by atoms with Gasteiger partial charge in [-0.1, -0.05) is 200 Å². The highest BCUT2D eigenvalue weighted by Crippen LogP contribution is 2.43. The van der Waals surface area contributed by atoms with E-state index >= 15 is 0 Å². The van der Waals surface area contributed by atoms with Gasteiger partial charge in [-0.25, -0.2) is 9.68 Å². The molecule has 0 aliphatic rings. The van der Waals surface area contributed by atoms with Crippen LogP contribution in [0.4, 0.5) is 0 Å². The lowest BCUT2D eigenvalue weighted by molar-refractivity contribution is -0.874. The monoisotopic (exact) mass is 938 g/mol. The predicted molar refractivity (Wildman–Crippen MR) is 278 cm³/mol. The highest BCUT2D eigenvalue weighted by molar-refractivity contribution is 6.28. The van der Waals surface area contributed by atoms with Crippen LogP contribution in [0, 0.1) is 22.7 Å². The molecule has 0 unspecified atom stereocenters. The number of hydrogen-bond donors (Lipinski definition) is 0. The molecule has 0 bridgehead atoms. The molecule has 0 aliphatic carbocycles.